The van der Waals surface area contributed by atoms with Gasteiger partial charge in [0.05, 0.1) is 0 Å². The smallest absolute Gasteiger partial charge is 0.220 e. The molecule has 0 aromatic heterocycles. The summed E-state index contributed by atoms with van der Waals surface area (Å²) in [5.41, 5.74) is 1.02. The quantitative estimate of drug-likeness (QED) is 0.747. The first-order valence-electron chi connectivity index (χ1n) is 5.38. The number of benzene rings is 1. The average Bonchev–Trinajstić information content (AvgIpc) is 2.27. The van der Waals surface area contributed by atoms with Crippen LogP contribution < -0.4 is 10.6 Å². The second-order valence-electron chi connectivity index (χ2n) is 3.61. The van der Waals surface area contributed by atoms with Gasteiger partial charge >= 0.3 is 0 Å². The lowest BCUT2D eigenvalue weighted by Crippen LogP contribution is -2.23. The van der Waals surface area contributed by atoms with Crippen molar-refractivity contribution >= 4 is 17.5 Å². The lowest BCUT2D eigenvalue weighted by atomic mass is 10.2. The normalized spacial score (nSPS) is 10.1. The molecule has 1 aromatic rings. The fourth-order valence-corrected chi connectivity index (χ4v) is 1.57. The summed E-state index contributed by atoms with van der Waals surface area (Å²) >= 11 is 5.84. The molecule has 88 valence electrons. The number of carbonyl (C=O) groups is 1. The summed E-state index contributed by atoms with van der Waals surface area (Å²) in [6.45, 7) is 1.41. The van der Waals surface area contributed by atoms with Crippen LogP contribution in [-0.4, -0.2) is 19.5 Å². The molecule has 1 rings (SSSR count). The Labute approximate surface area is 101 Å². The van der Waals surface area contributed by atoms with Gasteiger partial charge < -0.3 is 10.6 Å². The van der Waals surface area contributed by atoms with Crippen molar-refractivity contribution < 1.29 is 4.79 Å². The van der Waals surface area contributed by atoms with E-state index in [2.05, 4.69) is 10.6 Å². The molecule has 0 aliphatic heterocycles. The molecule has 0 aliphatic rings. The molecule has 1 aromatic carbocycles. The van der Waals surface area contributed by atoms with Crippen LogP contribution in [0.4, 0.5) is 0 Å². The van der Waals surface area contributed by atoms with Gasteiger partial charge in [0.25, 0.3) is 0 Å². The van der Waals surface area contributed by atoms with Crippen LogP contribution in [0.1, 0.15) is 18.4 Å². The second kappa shape index (κ2) is 7.25. The molecule has 0 aliphatic carbocycles. The Hall–Kier alpha value is -1.06. The van der Waals surface area contributed by atoms with E-state index in [-0.39, 0.29) is 5.91 Å². The minimum Gasteiger partial charge on any atom is -0.352 e. The van der Waals surface area contributed by atoms with Crippen molar-refractivity contribution in [2.24, 2.45) is 0 Å². The standard InChI is InChI=1S/C12H17ClN2O/c1-14-7-3-6-12(16)15-9-10-4-2-5-11(13)8-10/h2,4-5,8,14H,3,6-7,9H2,1H3,(H,15,16). The number of carbonyl (C=O) groups excluding carboxylic acids is 1. The summed E-state index contributed by atoms with van der Waals surface area (Å²) in [6, 6.07) is 7.50. The first-order valence-corrected chi connectivity index (χ1v) is 5.76. The average molecular weight is 241 g/mol. The van der Waals surface area contributed by atoms with Crippen LogP contribution in [0.5, 0.6) is 0 Å². The first-order chi connectivity index (χ1) is 7.72. The van der Waals surface area contributed by atoms with Gasteiger partial charge in [-0.3, -0.25) is 4.79 Å². The lowest BCUT2D eigenvalue weighted by molar-refractivity contribution is -0.121. The van der Waals surface area contributed by atoms with Crippen LogP contribution in [-0.2, 0) is 11.3 Å². The molecule has 0 saturated carbocycles. The van der Waals surface area contributed by atoms with Crippen LogP contribution >= 0.6 is 11.6 Å². The van der Waals surface area contributed by atoms with Crippen molar-refractivity contribution in [3.63, 3.8) is 0 Å². The van der Waals surface area contributed by atoms with Crippen LogP contribution in [0.3, 0.4) is 0 Å². The number of hydrogen-bond acceptors (Lipinski definition) is 2. The maximum Gasteiger partial charge on any atom is 0.220 e. The number of hydrogen-bond donors (Lipinski definition) is 2. The highest BCUT2D eigenvalue weighted by Gasteiger charge is 2.00. The molecule has 0 saturated heterocycles. The van der Waals surface area contributed by atoms with Gasteiger partial charge in [-0.2, -0.15) is 0 Å². The second-order valence-corrected chi connectivity index (χ2v) is 4.05. The first kappa shape index (κ1) is 13.0. The maximum absolute atomic E-state index is 11.4. The monoisotopic (exact) mass is 240 g/mol. The van der Waals surface area contributed by atoms with Crippen molar-refractivity contribution in [3.05, 3.63) is 34.9 Å². The highest BCUT2D eigenvalue weighted by molar-refractivity contribution is 6.30. The summed E-state index contributed by atoms with van der Waals surface area (Å²) < 4.78 is 0. The Kier molecular flexibility index (Phi) is 5.90. The lowest BCUT2D eigenvalue weighted by Gasteiger charge is -2.05. The third-order valence-corrected chi connectivity index (χ3v) is 2.44. The summed E-state index contributed by atoms with van der Waals surface area (Å²) in [6.07, 6.45) is 1.42. The summed E-state index contributed by atoms with van der Waals surface area (Å²) in [4.78, 5) is 11.4. The molecule has 0 unspecified atom stereocenters. The van der Waals surface area contributed by atoms with Crippen LogP contribution in [0.25, 0.3) is 0 Å². The summed E-state index contributed by atoms with van der Waals surface area (Å²) in [7, 11) is 1.88. The largest absolute Gasteiger partial charge is 0.352 e. The van der Waals surface area contributed by atoms with E-state index in [1.807, 2.05) is 31.3 Å². The number of halogens is 1. The zero-order chi connectivity index (χ0) is 11.8. The summed E-state index contributed by atoms with van der Waals surface area (Å²) in [5, 5.41) is 6.56. The van der Waals surface area contributed by atoms with E-state index in [1.165, 1.54) is 0 Å². The van der Waals surface area contributed by atoms with E-state index < -0.39 is 0 Å². The molecule has 4 heteroatoms. The molecule has 0 radical (unpaired) electrons. The van der Waals surface area contributed by atoms with Gasteiger partial charge in [0.2, 0.25) is 5.91 Å². The van der Waals surface area contributed by atoms with E-state index in [0.717, 1.165) is 18.5 Å². The molecule has 3 nitrogen and oxygen atoms in total. The molecule has 0 spiro atoms. The van der Waals surface area contributed by atoms with Crippen molar-refractivity contribution in [2.75, 3.05) is 13.6 Å². The number of amides is 1. The molecular formula is C12H17ClN2O. The maximum atomic E-state index is 11.4. The third kappa shape index (κ3) is 5.14. The Bertz CT molecular complexity index is 342. The predicted molar refractivity (Wildman–Crippen MR) is 66.5 cm³/mol. The SMILES string of the molecule is CNCCCC(=O)NCc1cccc(Cl)c1. The van der Waals surface area contributed by atoms with Gasteiger partial charge in [-0.15, -0.1) is 0 Å². The molecule has 1 amide bonds. The zero-order valence-corrected chi connectivity index (χ0v) is 10.2. The van der Waals surface area contributed by atoms with E-state index in [0.29, 0.717) is 18.0 Å². The zero-order valence-electron chi connectivity index (χ0n) is 9.42. The van der Waals surface area contributed by atoms with Crippen molar-refractivity contribution in [1.29, 1.82) is 0 Å². The minimum atomic E-state index is 0.0789. The van der Waals surface area contributed by atoms with Gasteiger partial charge in [0.15, 0.2) is 0 Å². The number of nitrogens with one attached hydrogen (secondary N) is 2. The molecule has 0 atom stereocenters. The van der Waals surface area contributed by atoms with Crippen LogP contribution in [0.2, 0.25) is 5.02 Å². The molecule has 16 heavy (non-hydrogen) atoms. The highest BCUT2D eigenvalue weighted by Crippen LogP contribution is 2.10. The molecule has 0 heterocycles. The Morgan fingerprint density at radius 1 is 1.44 bits per heavy atom. The molecular weight excluding hydrogens is 224 g/mol. The molecule has 2 N–H and O–H groups in total. The molecule has 0 bridgehead atoms. The fourth-order valence-electron chi connectivity index (χ4n) is 1.36. The highest BCUT2D eigenvalue weighted by atomic mass is 35.5. The van der Waals surface area contributed by atoms with Crippen molar-refractivity contribution in [3.8, 4) is 0 Å². The topological polar surface area (TPSA) is 41.1 Å². The Morgan fingerprint density at radius 2 is 2.25 bits per heavy atom. The van der Waals surface area contributed by atoms with Crippen LogP contribution in [0.15, 0.2) is 24.3 Å². The van der Waals surface area contributed by atoms with Crippen molar-refractivity contribution in [2.45, 2.75) is 19.4 Å². The predicted octanol–water partition coefficient (Wildman–Crippen LogP) is 1.96. The Balaban J connectivity index is 2.26. The van der Waals surface area contributed by atoms with Gasteiger partial charge in [0, 0.05) is 18.0 Å². The van der Waals surface area contributed by atoms with Gasteiger partial charge in [-0.25, -0.2) is 0 Å². The van der Waals surface area contributed by atoms with E-state index in [1.54, 1.807) is 0 Å². The van der Waals surface area contributed by atoms with Gasteiger partial charge in [0.1, 0.15) is 0 Å². The minimum absolute atomic E-state index is 0.0789. The van der Waals surface area contributed by atoms with E-state index in [9.17, 15) is 4.79 Å². The number of rotatable bonds is 6. The Morgan fingerprint density at radius 3 is 2.94 bits per heavy atom. The van der Waals surface area contributed by atoms with Gasteiger partial charge in [-0.05, 0) is 37.7 Å². The molecule has 0 fully saturated rings. The fraction of sp³-hybridized carbons (Fsp3) is 0.417. The van der Waals surface area contributed by atoms with Crippen LogP contribution in [0, 0.1) is 0 Å². The van der Waals surface area contributed by atoms with Gasteiger partial charge in [-0.1, -0.05) is 23.7 Å². The van der Waals surface area contributed by atoms with E-state index >= 15 is 0 Å². The third-order valence-electron chi connectivity index (χ3n) is 2.21. The summed E-state index contributed by atoms with van der Waals surface area (Å²) in [5.74, 6) is 0.0789. The van der Waals surface area contributed by atoms with E-state index in [4.69, 9.17) is 11.6 Å². The van der Waals surface area contributed by atoms with Crippen molar-refractivity contribution in [1.82, 2.24) is 10.6 Å².